The van der Waals surface area contributed by atoms with Crippen LogP contribution in [0.5, 0.6) is 0 Å². The van der Waals surface area contributed by atoms with Gasteiger partial charge in [0.25, 0.3) is 0 Å². The molecule has 18 heavy (non-hydrogen) atoms. The molecule has 4 nitrogen and oxygen atoms in total. The maximum absolute atomic E-state index is 13.8. The first kappa shape index (κ1) is 12.3. The van der Waals surface area contributed by atoms with Crippen molar-refractivity contribution in [2.45, 2.75) is 13.8 Å². The van der Waals surface area contributed by atoms with E-state index in [9.17, 15) is 9.18 Å². The number of ether oxygens (including phenoxy) is 1. The molecule has 0 aliphatic rings. The van der Waals surface area contributed by atoms with E-state index >= 15 is 0 Å². The van der Waals surface area contributed by atoms with Gasteiger partial charge in [-0.1, -0.05) is 6.07 Å². The van der Waals surface area contributed by atoms with Gasteiger partial charge in [-0.05, 0) is 31.5 Å². The first-order valence-corrected chi connectivity index (χ1v) is 5.50. The molecule has 0 amide bonds. The number of carbonyl (C=O) groups is 1. The van der Waals surface area contributed by atoms with Gasteiger partial charge in [0.15, 0.2) is 17.8 Å². The van der Waals surface area contributed by atoms with E-state index in [4.69, 9.17) is 9.15 Å². The molecule has 94 valence electrons. The highest BCUT2D eigenvalue weighted by atomic mass is 19.1. The number of carbonyl (C=O) groups excluding carboxylic acids is 1. The van der Waals surface area contributed by atoms with Gasteiger partial charge in [-0.15, -0.1) is 0 Å². The number of hydrogen-bond donors (Lipinski definition) is 0. The van der Waals surface area contributed by atoms with Crippen LogP contribution < -0.4 is 0 Å². The van der Waals surface area contributed by atoms with Crippen molar-refractivity contribution in [1.29, 1.82) is 0 Å². The number of aromatic nitrogens is 1. The quantitative estimate of drug-likeness (QED) is 0.785. The van der Waals surface area contributed by atoms with E-state index in [1.54, 1.807) is 26.0 Å². The summed E-state index contributed by atoms with van der Waals surface area (Å²) in [4.78, 5) is 15.4. The van der Waals surface area contributed by atoms with Gasteiger partial charge in [0.1, 0.15) is 5.82 Å². The zero-order valence-corrected chi connectivity index (χ0v) is 10.1. The maximum atomic E-state index is 13.8. The molecule has 1 aromatic heterocycles. The topological polar surface area (TPSA) is 52.3 Å². The minimum absolute atomic E-state index is 0.0143. The summed E-state index contributed by atoms with van der Waals surface area (Å²) in [6.45, 7) is 3.69. The van der Waals surface area contributed by atoms with Gasteiger partial charge in [0.05, 0.1) is 12.2 Å². The molecule has 0 saturated carbocycles. The number of esters is 1. The van der Waals surface area contributed by atoms with Crippen molar-refractivity contribution >= 4 is 5.97 Å². The van der Waals surface area contributed by atoms with Crippen LogP contribution >= 0.6 is 0 Å². The van der Waals surface area contributed by atoms with Crippen molar-refractivity contribution in [3.63, 3.8) is 0 Å². The minimum Gasteiger partial charge on any atom is -0.461 e. The second kappa shape index (κ2) is 5.00. The maximum Gasteiger partial charge on any atom is 0.360 e. The molecular weight excluding hydrogens is 237 g/mol. The summed E-state index contributed by atoms with van der Waals surface area (Å²) >= 11 is 0. The largest absolute Gasteiger partial charge is 0.461 e. The molecule has 0 radical (unpaired) electrons. The van der Waals surface area contributed by atoms with Gasteiger partial charge in [-0.25, -0.2) is 14.2 Å². The molecule has 0 bridgehead atoms. The van der Waals surface area contributed by atoms with Crippen molar-refractivity contribution in [3.05, 3.63) is 41.7 Å². The SMILES string of the molecule is CCOC(=O)c1ncoc1-c1ccc(C)cc1F. The summed E-state index contributed by atoms with van der Waals surface area (Å²) in [7, 11) is 0. The van der Waals surface area contributed by atoms with Gasteiger partial charge >= 0.3 is 5.97 Å². The Morgan fingerprint density at radius 1 is 1.50 bits per heavy atom. The summed E-state index contributed by atoms with van der Waals surface area (Å²) in [5, 5.41) is 0. The average molecular weight is 249 g/mol. The Balaban J connectivity index is 2.45. The Bertz CT molecular complexity index is 577. The first-order chi connectivity index (χ1) is 8.63. The van der Waals surface area contributed by atoms with Crippen LogP contribution in [0.25, 0.3) is 11.3 Å². The van der Waals surface area contributed by atoms with Crippen molar-refractivity contribution < 1.29 is 18.3 Å². The Labute approximate surface area is 103 Å². The molecule has 0 spiro atoms. The molecule has 0 N–H and O–H groups in total. The van der Waals surface area contributed by atoms with Gasteiger partial charge in [0, 0.05) is 0 Å². The zero-order valence-electron chi connectivity index (χ0n) is 10.1. The third-order valence-electron chi connectivity index (χ3n) is 2.41. The molecular formula is C13H12FNO3. The van der Waals surface area contributed by atoms with Crippen LogP contribution in [0.4, 0.5) is 4.39 Å². The lowest BCUT2D eigenvalue weighted by Gasteiger charge is -2.03. The van der Waals surface area contributed by atoms with Gasteiger partial charge in [0.2, 0.25) is 0 Å². The van der Waals surface area contributed by atoms with Crippen LogP contribution in [0.1, 0.15) is 23.0 Å². The van der Waals surface area contributed by atoms with Crippen molar-refractivity contribution in [2.75, 3.05) is 6.61 Å². The van der Waals surface area contributed by atoms with Gasteiger partial charge in [-0.2, -0.15) is 0 Å². The predicted octanol–water partition coefficient (Wildman–Crippen LogP) is 2.97. The van der Waals surface area contributed by atoms with E-state index < -0.39 is 11.8 Å². The monoisotopic (exact) mass is 249 g/mol. The highest BCUT2D eigenvalue weighted by Crippen LogP contribution is 2.27. The van der Waals surface area contributed by atoms with Crippen LogP contribution in [0.15, 0.2) is 29.0 Å². The molecule has 0 fully saturated rings. The van der Waals surface area contributed by atoms with E-state index in [1.165, 1.54) is 6.07 Å². The van der Waals surface area contributed by atoms with Crippen LogP contribution in [-0.2, 0) is 4.74 Å². The summed E-state index contributed by atoms with van der Waals surface area (Å²) in [6, 6.07) is 4.65. The molecule has 0 atom stereocenters. The standard InChI is InChI=1S/C13H12FNO3/c1-3-17-13(16)11-12(18-7-15-11)9-5-4-8(2)6-10(9)14/h4-7H,3H2,1-2H3. The molecule has 0 saturated heterocycles. The Morgan fingerprint density at radius 3 is 2.94 bits per heavy atom. The number of halogens is 1. The second-order valence-corrected chi connectivity index (χ2v) is 3.73. The third-order valence-corrected chi connectivity index (χ3v) is 2.41. The van der Waals surface area contributed by atoms with Crippen LogP contribution in [0.2, 0.25) is 0 Å². The Morgan fingerprint density at radius 2 is 2.28 bits per heavy atom. The third kappa shape index (κ3) is 2.25. The summed E-state index contributed by atoms with van der Waals surface area (Å²) in [5.74, 6) is -0.996. The van der Waals surface area contributed by atoms with Gasteiger partial charge < -0.3 is 9.15 Å². The number of nitrogens with zero attached hydrogens (tertiary/aromatic N) is 1. The van der Waals surface area contributed by atoms with E-state index in [1.807, 2.05) is 0 Å². The number of rotatable bonds is 3. The zero-order chi connectivity index (χ0) is 13.1. The Kier molecular flexibility index (Phi) is 3.41. The lowest BCUT2D eigenvalue weighted by Crippen LogP contribution is -2.06. The molecule has 0 aliphatic heterocycles. The number of oxazole rings is 1. The van der Waals surface area contributed by atoms with E-state index in [-0.39, 0.29) is 23.6 Å². The predicted molar refractivity (Wildman–Crippen MR) is 62.6 cm³/mol. The molecule has 1 heterocycles. The summed E-state index contributed by atoms with van der Waals surface area (Å²) in [5.41, 5.74) is 0.967. The Hall–Kier alpha value is -2.17. The van der Waals surface area contributed by atoms with Crippen molar-refractivity contribution in [3.8, 4) is 11.3 Å². The molecule has 2 aromatic rings. The minimum atomic E-state index is -0.624. The number of aryl methyl sites for hydroxylation is 1. The fraction of sp³-hybridized carbons (Fsp3) is 0.231. The van der Waals surface area contributed by atoms with Crippen LogP contribution in [-0.4, -0.2) is 17.6 Å². The molecule has 0 aliphatic carbocycles. The van der Waals surface area contributed by atoms with Crippen molar-refractivity contribution in [1.82, 2.24) is 4.98 Å². The number of hydrogen-bond acceptors (Lipinski definition) is 4. The van der Waals surface area contributed by atoms with E-state index in [2.05, 4.69) is 4.98 Å². The molecule has 0 unspecified atom stereocenters. The summed E-state index contributed by atoms with van der Waals surface area (Å²) in [6.07, 6.45) is 1.10. The van der Waals surface area contributed by atoms with E-state index in [0.717, 1.165) is 12.0 Å². The normalized spacial score (nSPS) is 10.4. The lowest BCUT2D eigenvalue weighted by molar-refractivity contribution is 0.0520. The van der Waals surface area contributed by atoms with Crippen molar-refractivity contribution in [2.24, 2.45) is 0 Å². The fourth-order valence-corrected chi connectivity index (χ4v) is 1.59. The summed E-state index contributed by atoms with van der Waals surface area (Å²) < 4.78 is 23.7. The lowest BCUT2D eigenvalue weighted by atomic mass is 10.1. The number of benzene rings is 1. The average Bonchev–Trinajstić information content (AvgIpc) is 2.78. The molecule has 1 aromatic carbocycles. The smallest absolute Gasteiger partial charge is 0.360 e. The molecule has 5 heteroatoms. The van der Waals surface area contributed by atoms with Crippen LogP contribution in [0.3, 0.4) is 0 Å². The van der Waals surface area contributed by atoms with E-state index in [0.29, 0.717) is 0 Å². The highest BCUT2D eigenvalue weighted by Gasteiger charge is 2.21. The second-order valence-electron chi connectivity index (χ2n) is 3.73. The first-order valence-electron chi connectivity index (χ1n) is 5.50. The van der Waals surface area contributed by atoms with Crippen LogP contribution in [0, 0.1) is 12.7 Å². The highest BCUT2D eigenvalue weighted by molar-refractivity contribution is 5.93. The molecule has 2 rings (SSSR count). The fourth-order valence-electron chi connectivity index (χ4n) is 1.59. The van der Waals surface area contributed by atoms with Gasteiger partial charge in [-0.3, -0.25) is 0 Å².